The Balaban J connectivity index is 1.81. The minimum absolute atomic E-state index is 0.247. The van der Waals surface area contributed by atoms with Crippen molar-refractivity contribution in [3.63, 3.8) is 0 Å². The topological polar surface area (TPSA) is 110 Å². The fraction of sp³-hybridized carbons (Fsp3) is 0.875. The second kappa shape index (κ2) is 3.82. The van der Waals surface area contributed by atoms with Crippen molar-refractivity contribution in [2.24, 2.45) is 0 Å². The third kappa shape index (κ3) is 1.70. The molecule has 2 bridgehead atoms. The highest BCUT2D eigenvalue weighted by Gasteiger charge is 2.56. The molecule has 17 heavy (non-hydrogen) atoms. The number of aliphatic hydroxyl groups excluding tert-OH is 2. The summed E-state index contributed by atoms with van der Waals surface area (Å²) in [5.41, 5.74) is -0.851. The molecule has 3 N–H and O–H groups in total. The lowest BCUT2D eigenvalue weighted by molar-refractivity contribution is -0.208. The Labute approximate surface area is 101 Å². The summed E-state index contributed by atoms with van der Waals surface area (Å²) in [5.74, 6) is 0.286. The number of hydrogen-bond acceptors (Lipinski definition) is 9. The predicted molar refractivity (Wildman–Crippen MR) is 56.4 cm³/mol. The van der Waals surface area contributed by atoms with Gasteiger partial charge in [-0.1, -0.05) is 9.59 Å². The highest BCUT2D eigenvalue weighted by Crippen LogP contribution is 2.37. The number of nitrogens with one attached hydrogen (secondary N) is 1. The largest absolute Gasteiger partial charge is 0.388 e. The summed E-state index contributed by atoms with van der Waals surface area (Å²) in [6.07, 6.45) is -2.66. The van der Waals surface area contributed by atoms with Crippen LogP contribution in [0.1, 0.15) is 6.92 Å². The molecular weight excluding hydrogens is 248 g/mol. The maximum absolute atomic E-state index is 10.0. The van der Waals surface area contributed by atoms with Crippen LogP contribution in [0.4, 0.5) is 5.95 Å². The molecule has 0 aromatic carbocycles. The van der Waals surface area contributed by atoms with E-state index in [0.717, 1.165) is 11.7 Å². The number of ether oxygens (including phenoxy) is 2. The molecule has 3 heterocycles. The summed E-state index contributed by atoms with van der Waals surface area (Å²) in [7, 11) is 0. The van der Waals surface area contributed by atoms with Gasteiger partial charge in [0.2, 0.25) is 0 Å². The Morgan fingerprint density at radius 3 is 3.06 bits per heavy atom. The summed E-state index contributed by atoms with van der Waals surface area (Å²) in [6.45, 7) is 1.95. The second-order valence-corrected chi connectivity index (χ2v) is 4.90. The van der Waals surface area contributed by atoms with Crippen LogP contribution in [-0.2, 0) is 9.47 Å². The average Bonchev–Trinajstić information content (AvgIpc) is 2.91. The van der Waals surface area contributed by atoms with Crippen molar-refractivity contribution in [3.05, 3.63) is 0 Å². The molecule has 0 saturated carbocycles. The fourth-order valence-corrected chi connectivity index (χ4v) is 2.44. The Bertz CT molecular complexity index is 404. The Morgan fingerprint density at radius 2 is 2.35 bits per heavy atom. The molecule has 3 rings (SSSR count). The van der Waals surface area contributed by atoms with Crippen LogP contribution in [0.2, 0.25) is 0 Å². The highest BCUT2D eigenvalue weighted by molar-refractivity contribution is 6.99. The van der Waals surface area contributed by atoms with E-state index in [-0.39, 0.29) is 12.6 Å². The number of fused-ring (bicyclic) bond motifs is 2. The second-order valence-electron chi connectivity index (χ2n) is 4.39. The van der Waals surface area contributed by atoms with Gasteiger partial charge in [-0.25, -0.2) is 0 Å². The van der Waals surface area contributed by atoms with Crippen molar-refractivity contribution in [1.29, 1.82) is 0 Å². The van der Waals surface area contributed by atoms with Crippen LogP contribution in [0, 0.1) is 0 Å². The first-order chi connectivity index (χ1) is 8.10. The zero-order valence-electron chi connectivity index (χ0n) is 8.98. The summed E-state index contributed by atoms with van der Waals surface area (Å²) in [6, 6.07) is -0.614. The first-order valence-corrected chi connectivity index (χ1v) is 5.90. The lowest BCUT2D eigenvalue weighted by Crippen LogP contribution is -2.61. The van der Waals surface area contributed by atoms with Crippen molar-refractivity contribution < 1.29 is 19.7 Å². The van der Waals surface area contributed by atoms with Crippen molar-refractivity contribution in [3.8, 4) is 0 Å². The Kier molecular flexibility index (Phi) is 2.52. The molecule has 9 heteroatoms. The maximum Gasteiger partial charge on any atom is 0.256 e. The molecule has 1 aromatic heterocycles. The van der Waals surface area contributed by atoms with Crippen LogP contribution in [0.25, 0.3) is 0 Å². The van der Waals surface area contributed by atoms with Gasteiger partial charge in [0, 0.05) is 0 Å². The first-order valence-electron chi connectivity index (χ1n) is 5.17. The van der Waals surface area contributed by atoms with E-state index >= 15 is 0 Å². The van der Waals surface area contributed by atoms with Gasteiger partial charge in [-0.15, -0.1) is 4.37 Å². The lowest BCUT2D eigenvalue weighted by Gasteiger charge is -2.40. The number of rotatable bonds is 2. The zero-order valence-corrected chi connectivity index (χ0v) is 9.79. The van der Waals surface area contributed by atoms with E-state index in [1.165, 1.54) is 0 Å². The molecule has 0 amide bonds. The van der Waals surface area contributed by atoms with E-state index in [0.29, 0.717) is 0 Å². The number of hydrogen-bond donors (Lipinski definition) is 3. The Hall–Kier alpha value is -0.870. The van der Waals surface area contributed by atoms with Gasteiger partial charge in [0.25, 0.3) is 5.95 Å². The summed E-state index contributed by atoms with van der Waals surface area (Å²) in [5, 5.41) is 26.6. The van der Waals surface area contributed by atoms with Gasteiger partial charge in [0.1, 0.15) is 23.9 Å². The van der Waals surface area contributed by atoms with Gasteiger partial charge in [-0.05, 0) is 6.92 Å². The molecular formula is C8H12N4O4S. The monoisotopic (exact) mass is 260 g/mol. The van der Waals surface area contributed by atoms with Crippen LogP contribution in [0.15, 0.2) is 0 Å². The number of aromatic nitrogens is 3. The van der Waals surface area contributed by atoms with Gasteiger partial charge in [0.15, 0.2) is 6.29 Å². The van der Waals surface area contributed by atoms with Crippen LogP contribution < -0.4 is 5.32 Å². The van der Waals surface area contributed by atoms with E-state index < -0.39 is 30.1 Å². The molecule has 2 aliphatic heterocycles. The van der Waals surface area contributed by atoms with Crippen molar-refractivity contribution in [2.75, 3.05) is 11.9 Å². The molecule has 2 fully saturated rings. The molecule has 0 unspecified atom stereocenters. The highest BCUT2D eigenvalue weighted by atomic mass is 32.1. The van der Waals surface area contributed by atoms with Crippen LogP contribution in [0.3, 0.4) is 0 Å². The molecule has 8 nitrogen and oxygen atoms in total. The summed E-state index contributed by atoms with van der Waals surface area (Å²) >= 11 is 0.949. The Morgan fingerprint density at radius 1 is 1.53 bits per heavy atom. The van der Waals surface area contributed by atoms with Crippen LogP contribution in [-0.4, -0.2) is 60.9 Å². The number of anilines is 1. The van der Waals surface area contributed by atoms with E-state index in [9.17, 15) is 10.2 Å². The minimum Gasteiger partial charge on any atom is -0.388 e. The van der Waals surface area contributed by atoms with Crippen molar-refractivity contribution in [1.82, 2.24) is 14.0 Å². The third-order valence-electron chi connectivity index (χ3n) is 3.12. The molecule has 94 valence electrons. The molecule has 2 aliphatic rings. The molecule has 5 atom stereocenters. The zero-order chi connectivity index (χ0) is 12.0. The van der Waals surface area contributed by atoms with E-state index in [1.54, 1.807) is 6.92 Å². The van der Waals surface area contributed by atoms with Crippen molar-refractivity contribution >= 4 is 17.7 Å². The van der Waals surface area contributed by atoms with Crippen LogP contribution in [0.5, 0.6) is 0 Å². The van der Waals surface area contributed by atoms with Gasteiger partial charge in [0.05, 0.1) is 18.3 Å². The van der Waals surface area contributed by atoms with Crippen molar-refractivity contribution in [2.45, 2.75) is 37.1 Å². The lowest BCUT2D eigenvalue weighted by atomic mass is 9.89. The van der Waals surface area contributed by atoms with E-state index in [4.69, 9.17) is 9.47 Å². The normalized spacial score (nSPS) is 44.9. The summed E-state index contributed by atoms with van der Waals surface area (Å²) < 4.78 is 18.4. The average molecular weight is 260 g/mol. The third-order valence-corrected chi connectivity index (χ3v) is 3.53. The van der Waals surface area contributed by atoms with Gasteiger partial charge in [-0.3, -0.25) is 0 Å². The molecule has 0 aliphatic carbocycles. The minimum atomic E-state index is -1.02. The van der Waals surface area contributed by atoms with E-state index in [2.05, 4.69) is 19.3 Å². The number of nitrogens with zero attached hydrogens (tertiary/aromatic N) is 3. The SMILES string of the molecule is C[C@@]12CO[C@@H](O1)[C@@H](Nc1nnsn1)[C@@H](O)[C@H]2O. The van der Waals surface area contributed by atoms with Gasteiger partial charge >= 0.3 is 0 Å². The fourth-order valence-electron chi connectivity index (χ4n) is 2.12. The molecule has 2 saturated heterocycles. The standard InChI is InChI=1S/C8H12N4O4S/c1-8-2-15-6(16-8)3(4(13)5(8)14)9-7-10-12-17-11-7/h3-6,13-14H,2H2,1H3,(H,9,11)/t3-,4+,5+,6-,8-/m0/s1. The predicted octanol–water partition coefficient (Wildman–Crippen LogP) is -1.42. The smallest absolute Gasteiger partial charge is 0.256 e. The number of aliphatic hydroxyl groups is 2. The molecule has 0 spiro atoms. The quantitative estimate of drug-likeness (QED) is 0.594. The maximum atomic E-state index is 10.0. The van der Waals surface area contributed by atoms with Crippen LogP contribution >= 0.6 is 11.7 Å². The van der Waals surface area contributed by atoms with E-state index in [1.807, 2.05) is 0 Å². The van der Waals surface area contributed by atoms with Gasteiger partial charge < -0.3 is 25.0 Å². The molecule has 1 aromatic rings. The summed E-state index contributed by atoms with van der Waals surface area (Å²) in [4.78, 5) is 0. The molecule has 0 radical (unpaired) electrons. The first kappa shape index (κ1) is 11.2. The van der Waals surface area contributed by atoms with Gasteiger partial charge in [-0.2, -0.15) is 0 Å².